The van der Waals surface area contributed by atoms with E-state index in [2.05, 4.69) is 10.8 Å². The highest BCUT2D eigenvalue weighted by atomic mass is 19.4. The molecule has 0 aliphatic carbocycles. The van der Waals surface area contributed by atoms with Crippen molar-refractivity contribution in [3.05, 3.63) is 65.2 Å². The summed E-state index contributed by atoms with van der Waals surface area (Å²) in [6, 6.07) is 11.6. The van der Waals surface area contributed by atoms with Gasteiger partial charge in [0.05, 0.1) is 23.3 Å². The Hall–Kier alpha value is -3.55. The number of benzene rings is 2. The average molecular weight is 528 g/mol. The summed E-state index contributed by atoms with van der Waals surface area (Å²) in [6.07, 6.45) is 0.398. The lowest BCUT2D eigenvalue weighted by atomic mass is 10.0. The van der Waals surface area contributed by atoms with E-state index >= 15 is 0 Å². The molecule has 10 heteroatoms. The van der Waals surface area contributed by atoms with Gasteiger partial charge in [-0.25, -0.2) is 0 Å². The van der Waals surface area contributed by atoms with E-state index in [9.17, 15) is 22.8 Å². The summed E-state index contributed by atoms with van der Waals surface area (Å²) in [5.74, 6) is 1.49. The van der Waals surface area contributed by atoms with Crippen molar-refractivity contribution in [2.75, 3.05) is 39.4 Å². The number of hydrogen-bond acceptors (Lipinski definition) is 5. The van der Waals surface area contributed by atoms with Crippen molar-refractivity contribution in [2.45, 2.75) is 37.3 Å². The van der Waals surface area contributed by atoms with Crippen LogP contribution in [0.2, 0.25) is 0 Å². The monoisotopic (exact) mass is 527 g/mol. The first-order valence-electron chi connectivity index (χ1n) is 12.5. The van der Waals surface area contributed by atoms with E-state index in [0.717, 1.165) is 17.7 Å². The number of carbonyl (C=O) groups is 2. The normalized spacial score (nSPS) is 24.2. The Morgan fingerprint density at radius 3 is 2.58 bits per heavy atom. The molecule has 2 amide bonds. The van der Waals surface area contributed by atoms with Crippen LogP contribution in [0.1, 0.15) is 27.9 Å². The minimum Gasteiger partial charge on any atom is -0.491 e. The molecule has 38 heavy (non-hydrogen) atoms. The Kier molecular flexibility index (Phi) is 7.32. The first-order valence-corrected chi connectivity index (χ1v) is 12.5. The molecule has 0 bridgehead atoms. The first-order chi connectivity index (χ1) is 18.2. The Bertz CT molecular complexity index is 1230. The van der Waals surface area contributed by atoms with Crippen LogP contribution in [0.25, 0.3) is 0 Å². The highest BCUT2D eigenvalue weighted by molar-refractivity contribution is 6.00. The summed E-state index contributed by atoms with van der Waals surface area (Å²) in [7, 11) is 0. The first kappa shape index (κ1) is 26.1. The molecule has 2 saturated heterocycles. The minimum atomic E-state index is -4.64. The number of hydrogen-bond donors (Lipinski definition) is 0. The number of terminal acetylenes is 1. The zero-order valence-corrected chi connectivity index (χ0v) is 20.7. The van der Waals surface area contributed by atoms with Crippen molar-refractivity contribution in [1.29, 1.82) is 0 Å². The van der Waals surface area contributed by atoms with E-state index in [4.69, 9.17) is 15.9 Å². The molecule has 0 N–H and O–H groups in total. The molecule has 3 heterocycles. The molecule has 2 aromatic rings. The number of halogens is 3. The molecule has 5 rings (SSSR count). The van der Waals surface area contributed by atoms with Gasteiger partial charge >= 0.3 is 6.18 Å². The zero-order valence-electron chi connectivity index (χ0n) is 20.7. The molecule has 2 aromatic carbocycles. The molecule has 3 aliphatic rings. The average Bonchev–Trinajstić information content (AvgIpc) is 3.34. The van der Waals surface area contributed by atoms with Gasteiger partial charge in [0.15, 0.2) is 0 Å². The van der Waals surface area contributed by atoms with Crippen molar-refractivity contribution < 1.29 is 32.2 Å². The lowest BCUT2D eigenvalue weighted by Crippen LogP contribution is -2.61. The van der Waals surface area contributed by atoms with Crippen LogP contribution in [-0.4, -0.2) is 84.1 Å². The van der Waals surface area contributed by atoms with Gasteiger partial charge in [0, 0.05) is 39.1 Å². The molecule has 0 spiro atoms. The van der Waals surface area contributed by atoms with Crippen molar-refractivity contribution in [3.63, 3.8) is 0 Å². The fourth-order valence-electron chi connectivity index (χ4n) is 5.41. The molecular weight excluding hydrogens is 499 g/mol. The highest BCUT2D eigenvalue weighted by Crippen LogP contribution is 2.35. The van der Waals surface area contributed by atoms with Crippen LogP contribution >= 0.6 is 0 Å². The molecule has 0 unspecified atom stereocenters. The van der Waals surface area contributed by atoms with Gasteiger partial charge in [0.1, 0.15) is 25.0 Å². The molecule has 0 radical (unpaired) electrons. The van der Waals surface area contributed by atoms with E-state index in [-0.39, 0.29) is 49.4 Å². The second kappa shape index (κ2) is 10.7. The van der Waals surface area contributed by atoms with Crippen LogP contribution in [0, 0.1) is 12.3 Å². The van der Waals surface area contributed by atoms with Crippen LogP contribution in [0.15, 0.2) is 48.5 Å². The maximum absolute atomic E-state index is 13.8. The summed E-state index contributed by atoms with van der Waals surface area (Å²) >= 11 is 0. The van der Waals surface area contributed by atoms with Crippen LogP contribution in [0.5, 0.6) is 5.75 Å². The maximum atomic E-state index is 13.8. The largest absolute Gasteiger partial charge is 0.491 e. The van der Waals surface area contributed by atoms with Gasteiger partial charge in [0.2, 0.25) is 5.91 Å². The van der Waals surface area contributed by atoms with Crippen LogP contribution < -0.4 is 4.74 Å². The molecule has 7 nitrogen and oxygen atoms in total. The van der Waals surface area contributed by atoms with E-state index in [1.165, 1.54) is 11.0 Å². The molecule has 0 saturated carbocycles. The van der Waals surface area contributed by atoms with Crippen LogP contribution in [0.4, 0.5) is 13.2 Å². The van der Waals surface area contributed by atoms with E-state index < -0.39 is 29.8 Å². The Morgan fingerprint density at radius 1 is 1.05 bits per heavy atom. The lowest BCUT2D eigenvalue weighted by Gasteiger charge is -2.43. The quantitative estimate of drug-likeness (QED) is 0.573. The van der Waals surface area contributed by atoms with Gasteiger partial charge < -0.3 is 19.3 Å². The summed E-state index contributed by atoms with van der Waals surface area (Å²) < 4.78 is 52.2. The third kappa shape index (κ3) is 5.35. The van der Waals surface area contributed by atoms with Gasteiger partial charge in [-0.15, -0.1) is 6.42 Å². The van der Waals surface area contributed by atoms with Gasteiger partial charge in [0.25, 0.3) is 5.91 Å². The Labute approximate surface area is 219 Å². The second-order valence-corrected chi connectivity index (χ2v) is 9.77. The summed E-state index contributed by atoms with van der Waals surface area (Å²) in [6.45, 7) is 2.40. The molecule has 3 aliphatic heterocycles. The summed E-state index contributed by atoms with van der Waals surface area (Å²) in [5, 5.41) is 0. The predicted octanol–water partition coefficient (Wildman–Crippen LogP) is 3.04. The third-order valence-corrected chi connectivity index (χ3v) is 7.28. The number of piperazine rings is 1. The van der Waals surface area contributed by atoms with Crippen LogP contribution in [-0.2, 0) is 22.3 Å². The Morgan fingerprint density at radius 2 is 1.84 bits per heavy atom. The van der Waals surface area contributed by atoms with Gasteiger partial charge in [-0.1, -0.05) is 36.3 Å². The fourth-order valence-corrected chi connectivity index (χ4v) is 5.41. The fraction of sp³-hybridized carbons (Fsp3) is 0.429. The van der Waals surface area contributed by atoms with Crippen molar-refractivity contribution in [3.8, 4) is 18.1 Å². The van der Waals surface area contributed by atoms with Gasteiger partial charge in [-0.2, -0.15) is 13.2 Å². The SMILES string of the molecule is C#CCO[C@@H]1C[C@H]2C(=O)N3CCN(Cc4ccccc4)C[C@H]3COc3ccc(C(F)(F)F)cc3C(=O)N2C1. The minimum absolute atomic E-state index is 0.00626. The van der Waals surface area contributed by atoms with Crippen LogP contribution in [0.3, 0.4) is 0 Å². The summed E-state index contributed by atoms with van der Waals surface area (Å²) in [4.78, 5) is 32.7. The molecule has 3 atom stereocenters. The number of fused-ring (bicyclic) bond motifs is 3. The molecule has 200 valence electrons. The van der Waals surface area contributed by atoms with Crippen molar-refractivity contribution in [1.82, 2.24) is 14.7 Å². The summed E-state index contributed by atoms with van der Waals surface area (Å²) in [5.41, 5.74) is -0.0411. The standard InChI is InChI=1S/C28H28F3N3O4/c1-2-12-37-22-14-24-27(36)33-11-10-32(15-19-6-4-3-5-7-19)16-21(33)18-38-25-9-8-20(28(29,30)31)13-23(25)26(35)34(24)17-22/h1,3-9,13,21-22,24H,10-12,14-18H2/t21-,22+,24-/m0/s1. The smallest absolute Gasteiger partial charge is 0.416 e. The zero-order chi connectivity index (χ0) is 26.9. The number of alkyl halides is 3. The maximum Gasteiger partial charge on any atom is 0.416 e. The number of amides is 2. The number of rotatable bonds is 4. The topological polar surface area (TPSA) is 62.3 Å². The number of ether oxygens (including phenoxy) is 2. The van der Waals surface area contributed by atoms with E-state index in [1.807, 2.05) is 30.3 Å². The van der Waals surface area contributed by atoms with E-state index in [0.29, 0.717) is 26.2 Å². The van der Waals surface area contributed by atoms with Crippen molar-refractivity contribution in [2.24, 2.45) is 0 Å². The predicted molar refractivity (Wildman–Crippen MR) is 132 cm³/mol. The van der Waals surface area contributed by atoms with Crippen molar-refractivity contribution >= 4 is 11.8 Å². The lowest BCUT2D eigenvalue weighted by molar-refractivity contribution is -0.142. The molecule has 2 fully saturated rings. The molecule has 0 aromatic heterocycles. The molecular formula is C28H28F3N3O4. The highest BCUT2D eigenvalue weighted by Gasteiger charge is 2.46. The second-order valence-electron chi connectivity index (χ2n) is 9.77. The number of carbonyl (C=O) groups excluding carboxylic acids is 2. The van der Waals surface area contributed by atoms with Gasteiger partial charge in [-0.05, 0) is 23.8 Å². The number of nitrogens with zero attached hydrogens (tertiary/aromatic N) is 3. The van der Waals surface area contributed by atoms with Gasteiger partial charge in [-0.3, -0.25) is 14.5 Å². The Balaban J connectivity index is 1.47. The third-order valence-electron chi connectivity index (χ3n) is 7.28. The van der Waals surface area contributed by atoms with E-state index in [1.54, 1.807) is 4.90 Å².